The van der Waals surface area contributed by atoms with Crippen molar-refractivity contribution in [2.24, 2.45) is 10.8 Å². The van der Waals surface area contributed by atoms with Crippen LogP contribution in [0.25, 0.3) is 11.2 Å². The summed E-state index contributed by atoms with van der Waals surface area (Å²) in [5.41, 5.74) is 9.90. The molecule has 1 saturated carbocycles. The van der Waals surface area contributed by atoms with Crippen LogP contribution in [0.1, 0.15) is 58.6 Å². The largest absolute Gasteiger partial charge is 0.369 e. The maximum absolute atomic E-state index is 6.24. The second kappa shape index (κ2) is 4.46. The molecular formula is C17H26N4. The minimum absolute atomic E-state index is 0.319. The fourth-order valence-corrected chi connectivity index (χ4v) is 4.46. The van der Waals surface area contributed by atoms with E-state index in [1.807, 2.05) is 12.3 Å². The van der Waals surface area contributed by atoms with Crippen LogP contribution in [0.3, 0.4) is 0 Å². The van der Waals surface area contributed by atoms with Crippen molar-refractivity contribution in [2.45, 2.75) is 59.9 Å². The van der Waals surface area contributed by atoms with Crippen molar-refractivity contribution in [1.82, 2.24) is 14.5 Å². The maximum atomic E-state index is 6.24. The van der Waals surface area contributed by atoms with Crippen LogP contribution in [-0.2, 0) is 0 Å². The number of hydrogen-bond donors (Lipinski definition) is 1. The first-order valence-corrected chi connectivity index (χ1v) is 7.78. The molecule has 3 rings (SSSR count). The van der Waals surface area contributed by atoms with Crippen LogP contribution < -0.4 is 5.73 Å². The SMILES string of the molecule is Cc1ccnc2c1nc(N)n2C1CC(C)(C)CC(C)(C)C1. The van der Waals surface area contributed by atoms with Gasteiger partial charge in [0.05, 0.1) is 0 Å². The summed E-state index contributed by atoms with van der Waals surface area (Å²) in [5.74, 6) is 0.602. The lowest BCUT2D eigenvalue weighted by Gasteiger charge is -2.45. The lowest BCUT2D eigenvalue weighted by atomic mass is 9.63. The number of rotatable bonds is 1. The molecular weight excluding hydrogens is 260 g/mol. The van der Waals surface area contributed by atoms with Crippen LogP contribution in [-0.4, -0.2) is 14.5 Å². The number of fused-ring (bicyclic) bond motifs is 1. The fraction of sp³-hybridized carbons (Fsp3) is 0.647. The van der Waals surface area contributed by atoms with Gasteiger partial charge in [-0.25, -0.2) is 9.97 Å². The number of anilines is 1. The molecule has 4 heteroatoms. The summed E-state index contributed by atoms with van der Waals surface area (Å²) in [7, 11) is 0. The van der Waals surface area contributed by atoms with Gasteiger partial charge in [-0.1, -0.05) is 27.7 Å². The highest BCUT2D eigenvalue weighted by atomic mass is 15.2. The van der Waals surface area contributed by atoms with E-state index >= 15 is 0 Å². The van der Waals surface area contributed by atoms with Crippen LogP contribution in [0.4, 0.5) is 5.95 Å². The second-order valence-corrected chi connectivity index (χ2v) is 8.21. The van der Waals surface area contributed by atoms with Crippen molar-refractivity contribution in [3.8, 4) is 0 Å². The summed E-state index contributed by atoms with van der Waals surface area (Å²) in [6, 6.07) is 2.37. The van der Waals surface area contributed by atoms with Gasteiger partial charge in [0.15, 0.2) is 5.65 Å². The van der Waals surface area contributed by atoms with Gasteiger partial charge in [-0.2, -0.15) is 0 Å². The van der Waals surface area contributed by atoms with Gasteiger partial charge >= 0.3 is 0 Å². The molecule has 0 aliphatic heterocycles. The van der Waals surface area contributed by atoms with Crippen molar-refractivity contribution >= 4 is 17.1 Å². The summed E-state index contributed by atoms with van der Waals surface area (Å²) in [6.07, 6.45) is 5.35. The van der Waals surface area contributed by atoms with Gasteiger partial charge < -0.3 is 5.73 Å². The van der Waals surface area contributed by atoms with E-state index in [0.29, 0.717) is 22.8 Å². The average Bonchev–Trinajstić information content (AvgIpc) is 2.62. The summed E-state index contributed by atoms with van der Waals surface area (Å²) < 4.78 is 2.17. The van der Waals surface area contributed by atoms with Gasteiger partial charge in [0, 0.05) is 12.2 Å². The van der Waals surface area contributed by atoms with Gasteiger partial charge in [-0.3, -0.25) is 4.57 Å². The molecule has 4 nitrogen and oxygen atoms in total. The summed E-state index contributed by atoms with van der Waals surface area (Å²) in [6.45, 7) is 11.5. The lowest BCUT2D eigenvalue weighted by Crippen LogP contribution is -2.35. The van der Waals surface area contributed by atoms with Crippen molar-refractivity contribution in [2.75, 3.05) is 5.73 Å². The first kappa shape index (κ1) is 14.4. The average molecular weight is 286 g/mol. The standard InChI is InChI=1S/C17H26N4/c1-11-6-7-19-14-13(11)20-15(18)21(14)12-8-16(2,3)10-17(4,5)9-12/h6-7,12H,8-10H2,1-5H3,(H2,18,20). The smallest absolute Gasteiger partial charge is 0.202 e. The maximum Gasteiger partial charge on any atom is 0.202 e. The third-order valence-electron chi connectivity index (χ3n) is 4.71. The molecule has 0 aromatic carbocycles. The third kappa shape index (κ3) is 2.52. The molecule has 1 aliphatic rings. The highest BCUT2D eigenvalue weighted by molar-refractivity contribution is 5.77. The van der Waals surface area contributed by atoms with E-state index in [-0.39, 0.29) is 0 Å². The molecule has 0 radical (unpaired) electrons. The zero-order valence-corrected chi connectivity index (χ0v) is 13.8. The number of aryl methyl sites for hydroxylation is 1. The molecule has 0 spiro atoms. The Kier molecular flexibility index (Phi) is 3.05. The highest BCUT2D eigenvalue weighted by Crippen LogP contribution is 2.51. The first-order valence-electron chi connectivity index (χ1n) is 7.78. The number of hydrogen-bond acceptors (Lipinski definition) is 3. The van der Waals surface area contributed by atoms with E-state index in [1.54, 1.807) is 0 Å². The molecule has 0 bridgehead atoms. The van der Waals surface area contributed by atoms with Crippen molar-refractivity contribution in [3.05, 3.63) is 17.8 Å². The number of nitrogen functional groups attached to an aromatic ring is 1. The number of aromatic nitrogens is 3. The van der Waals surface area contributed by atoms with Crippen molar-refractivity contribution in [3.63, 3.8) is 0 Å². The van der Waals surface area contributed by atoms with Crippen LogP contribution in [0.5, 0.6) is 0 Å². The molecule has 2 N–H and O–H groups in total. The monoisotopic (exact) mass is 286 g/mol. The molecule has 0 atom stereocenters. The molecule has 0 saturated heterocycles. The number of imidazole rings is 1. The third-order valence-corrected chi connectivity index (χ3v) is 4.71. The molecule has 1 aliphatic carbocycles. The molecule has 2 aromatic heterocycles. The van der Waals surface area contributed by atoms with Gasteiger partial charge in [0.25, 0.3) is 0 Å². The zero-order valence-electron chi connectivity index (χ0n) is 13.8. The molecule has 0 amide bonds. The van der Waals surface area contributed by atoms with E-state index in [4.69, 9.17) is 5.73 Å². The minimum atomic E-state index is 0.319. The molecule has 2 aromatic rings. The number of pyridine rings is 1. The van der Waals surface area contributed by atoms with E-state index in [0.717, 1.165) is 29.6 Å². The van der Waals surface area contributed by atoms with Crippen LogP contribution in [0, 0.1) is 17.8 Å². The van der Waals surface area contributed by atoms with Crippen molar-refractivity contribution < 1.29 is 0 Å². The van der Waals surface area contributed by atoms with Gasteiger partial charge in [0.1, 0.15) is 5.52 Å². The number of nitrogens with zero attached hydrogens (tertiary/aromatic N) is 3. The quantitative estimate of drug-likeness (QED) is 0.858. The van der Waals surface area contributed by atoms with Crippen LogP contribution in [0.2, 0.25) is 0 Å². The van der Waals surface area contributed by atoms with E-state index in [9.17, 15) is 0 Å². The predicted octanol–water partition coefficient (Wildman–Crippen LogP) is 4.10. The lowest BCUT2D eigenvalue weighted by molar-refractivity contribution is 0.0745. The predicted molar refractivity (Wildman–Crippen MR) is 87.1 cm³/mol. The normalized spacial score (nSPS) is 21.8. The van der Waals surface area contributed by atoms with Gasteiger partial charge in [-0.15, -0.1) is 0 Å². The van der Waals surface area contributed by atoms with E-state index in [1.165, 1.54) is 6.42 Å². The van der Waals surface area contributed by atoms with Crippen LogP contribution in [0.15, 0.2) is 12.3 Å². The number of nitrogens with two attached hydrogens (primary N) is 1. The van der Waals surface area contributed by atoms with E-state index in [2.05, 4.69) is 49.2 Å². The molecule has 0 unspecified atom stereocenters. The first-order chi connectivity index (χ1) is 9.69. The molecule has 2 heterocycles. The fourth-order valence-electron chi connectivity index (χ4n) is 4.46. The summed E-state index contributed by atoms with van der Waals surface area (Å²) in [4.78, 5) is 9.12. The van der Waals surface area contributed by atoms with Gasteiger partial charge in [-0.05, 0) is 48.6 Å². The topological polar surface area (TPSA) is 56.7 Å². The minimum Gasteiger partial charge on any atom is -0.369 e. The Morgan fingerprint density at radius 2 is 1.81 bits per heavy atom. The van der Waals surface area contributed by atoms with Gasteiger partial charge in [0.2, 0.25) is 5.95 Å². The second-order valence-electron chi connectivity index (χ2n) is 8.21. The Morgan fingerprint density at radius 1 is 1.19 bits per heavy atom. The Labute approximate surface area is 126 Å². The zero-order chi connectivity index (χ0) is 15.4. The molecule has 1 fully saturated rings. The highest BCUT2D eigenvalue weighted by Gasteiger charge is 2.40. The molecule has 21 heavy (non-hydrogen) atoms. The summed E-state index contributed by atoms with van der Waals surface area (Å²) >= 11 is 0. The van der Waals surface area contributed by atoms with Crippen molar-refractivity contribution in [1.29, 1.82) is 0 Å². The Hall–Kier alpha value is -1.58. The molecule has 114 valence electrons. The Balaban J connectivity index is 2.12. The summed E-state index contributed by atoms with van der Waals surface area (Å²) in [5, 5.41) is 0. The Bertz CT molecular complexity index is 665. The van der Waals surface area contributed by atoms with E-state index < -0.39 is 0 Å². The Morgan fingerprint density at radius 3 is 2.43 bits per heavy atom. The van der Waals surface area contributed by atoms with Crippen LogP contribution >= 0.6 is 0 Å².